The molecule has 20 heavy (non-hydrogen) atoms. The van der Waals surface area contributed by atoms with Crippen LogP contribution in [0, 0.1) is 5.92 Å². The van der Waals surface area contributed by atoms with Crippen molar-refractivity contribution in [1.29, 1.82) is 0 Å². The monoisotopic (exact) mass is 293 g/mol. The predicted molar refractivity (Wildman–Crippen MR) is 64.8 cm³/mol. The number of piperidine rings is 2. The Morgan fingerprint density at radius 1 is 1.40 bits per heavy atom. The standard InChI is InChI=1S/C12H18F3N3O2/c13-12(14,15)7-16-5-11(20)18-4-3-9-8(6-18)1-2-10(19)17-9/h8-9,16H,1-7H2,(H,17,19). The fourth-order valence-corrected chi connectivity index (χ4v) is 2.76. The second-order valence-corrected chi connectivity index (χ2v) is 5.32. The van der Waals surface area contributed by atoms with Crippen molar-refractivity contribution in [1.82, 2.24) is 15.5 Å². The van der Waals surface area contributed by atoms with Crippen molar-refractivity contribution in [3.05, 3.63) is 0 Å². The van der Waals surface area contributed by atoms with Crippen LogP contribution in [0.3, 0.4) is 0 Å². The smallest absolute Gasteiger partial charge is 0.353 e. The fourth-order valence-electron chi connectivity index (χ4n) is 2.76. The molecule has 0 saturated carbocycles. The van der Waals surface area contributed by atoms with E-state index >= 15 is 0 Å². The minimum atomic E-state index is -4.30. The average Bonchev–Trinajstić information content (AvgIpc) is 2.36. The minimum Gasteiger partial charge on any atom is -0.353 e. The highest BCUT2D eigenvalue weighted by atomic mass is 19.4. The molecule has 0 bridgehead atoms. The summed E-state index contributed by atoms with van der Waals surface area (Å²) in [5, 5.41) is 5.02. The molecule has 2 N–H and O–H groups in total. The van der Waals surface area contributed by atoms with E-state index in [1.807, 2.05) is 0 Å². The number of nitrogens with one attached hydrogen (secondary N) is 2. The lowest BCUT2D eigenvalue weighted by Gasteiger charge is -2.41. The molecule has 0 spiro atoms. The molecule has 0 aromatic carbocycles. The average molecular weight is 293 g/mol. The quantitative estimate of drug-likeness (QED) is 0.785. The van der Waals surface area contributed by atoms with E-state index in [0.29, 0.717) is 25.9 Å². The highest BCUT2D eigenvalue weighted by Crippen LogP contribution is 2.25. The number of carbonyl (C=O) groups is 2. The first-order valence-corrected chi connectivity index (χ1v) is 6.70. The van der Waals surface area contributed by atoms with Gasteiger partial charge in [-0.1, -0.05) is 0 Å². The van der Waals surface area contributed by atoms with Crippen molar-refractivity contribution in [3.8, 4) is 0 Å². The molecular formula is C12H18F3N3O2. The van der Waals surface area contributed by atoms with E-state index in [0.717, 1.165) is 6.42 Å². The van der Waals surface area contributed by atoms with Crippen LogP contribution in [0.5, 0.6) is 0 Å². The molecule has 114 valence electrons. The number of fused-ring (bicyclic) bond motifs is 1. The molecule has 2 amide bonds. The van der Waals surface area contributed by atoms with Crippen LogP contribution < -0.4 is 10.6 Å². The van der Waals surface area contributed by atoms with Gasteiger partial charge >= 0.3 is 6.18 Å². The number of hydrogen-bond acceptors (Lipinski definition) is 3. The third kappa shape index (κ3) is 4.09. The third-order valence-corrected chi connectivity index (χ3v) is 3.78. The van der Waals surface area contributed by atoms with Crippen LogP contribution in [0.1, 0.15) is 19.3 Å². The van der Waals surface area contributed by atoms with Crippen LogP contribution in [0.4, 0.5) is 13.2 Å². The van der Waals surface area contributed by atoms with Gasteiger partial charge < -0.3 is 15.5 Å². The molecule has 2 fully saturated rings. The first-order chi connectivity index (χ1) is 9.35. The number of likely N-dealkylation sites (tertiary alicyclic amines) is 1. The molecule has 2 rings (SSSR count). The molecule has 8 heteroatoms. The van der Waals surface area contributed by atoms with Crippen molar-refractivity contribution in [2.24, 2.45) is 5.92 Å². The highest BCUT2D eigenvalue weighted by Gasteiger charge is 2.35. The summed E-state index contributed by atoms with van der Waals surface area (Å²) >= 11 is 0. The van der Waals surface area contributed by atoms with Crippen molar-refractivity contribution in [3.63, 3.8) is 0 Å². The zero-order valence-corrected chi connectivity index (χ0v) is 11.0. The molecule has 0 radical (unpaired) electrons. The van der Waals surface area contributed by atoms with Gasteiger partial charge in [-0.15, -0.1) is 0 Å². The number of alkyl halides is 3. The first kappa shape index (κ1) is 15.1. The molecule has 0 aromatic heterocycles. The van der Waals surface area contributed by atoms with E-state index in [1.165, 1.54) is 0 Å². The number of hydrogen-bond donors (Lipinski definition) is 2. The molecule has 2 heterocycles. The summed E-state index contributed by atoms with van der Waals surface area (Å²) in [6.07, 6.45) is -2.45. The Morgan fingerprint density at radius 2 is 2.15 bits per heavy atom. The Morgan fingerprint density at radius 3 is 2.85 bits per heavy atom. The van der Waals surface area contributed by atoms with E-state index in [1.54, 1.807) is 4.90 Å². The fraction of sp³-hybridized carbons (Fsp3) is 0.833. The van der Waals surface area contributed by atoms with Crippen molar-refractivity contribution >= 4 is 11.8 Å². The Labute approximate surface area is 114 Å². The lowest BCUT2D eigenvalue weighted by Crippen LogP contribution is -2.56. The number of amides is 2. The van der Waals surface area contributed by atoms with Gasteiger partial charge in [0.2, 0.25) is 11.8 Å². The minimum absolute atomic E-state index is 0.0397. The van der Waals surface area contributed by atoms with Crippen LogP contribution in [-0.2, 0) is 9.59 Å². The first-order valence-electron chi connectivity index (χ1n) is 6.70. The van der Waals surface area contributed by atoms with E-state index in [2.05, 4.69) is 10.6 Å². The van der Waals surface area contributed by atoms with Crippen LogP contribution in [-0.4, -0.2) is 55.1 Å². The summed E-state index contributed by atoms with van der Waals surface area (Å²) in [5.41, 5.74) is 0. The maximum atomic E-state index is 12.0. The third-order valence-electron chi connectivity index (χ3n) is 3.78. The molecular weight excluding hydrogens is 275 g/mol. The summed E-state index contributed by atoms with van der Waals surface area (Å²) < 4.78 is 35.9. The van der Waals surface area contributed by atoms with Gasteiger partial charge in [0, 0.05) is 25.6 Å². The number of halogens is 3. The topological polar surface area (TPSA) is 61.4 Å². The zero-order chi connectivity index (χ0) is 14.8. The van der Waals surface area contributed by atoms with E-state index in [9.17, 15) is 22.8 Å². The normalized spacial score (nSPS) is 26.9. The number of rotatable bonds is 3. The summed E-state index contributed by atoms with van der Waals surface area (Å²) in [4.78, 5) is 24.7. The van der Waals surface area contributed by atoms with E-state index in [4.69, 9.17) is 0 Å². The van der Waals surface area contributed by atoms with Gasteiger partial charge in [0.15, 0.2) is 0 Å². The predicted octanol–water partition coefficient (Wildman–Crippen LogP) is 0.265. The van der Waals surface area contributed by atoms with Gasteiger partial charge in [0.25, 0.3) is 0 Å². The molecule has 0 aliphatic carbocycles. The summed E-state index contributed by atoms with van der Waals surface area (Å²) in [6, 6.07) is 0.100. The molecule has 2 unspecified atom stereocenters. The van der Waals surface area contributed by atoms with Crippen LogP contribution in [0.25, 0.3) is 0 Å². The Hall–Kier alpha value is -1.31. The number of nitrogens with zero attached hydrogens (tertiary/aromatic N) is 1. The maximum Gasteiger partial charge on any atom is 0.401 e. The van der Waals surface area contributed by atoms with Gasteiger partial charge in [0.05, 0.1) is 13.1 Å². The van der Waals surface area contributed by atoms with Crippen LogP contribution in [0.2, 0.25) is 0 Å². The largest absolute Gasteiger partial charge is 0.401 e. The maximum absolute atomic E-state index is 12.0. The SMILES string of the molecule is O=C1CCC2CN(C(=O)CNCC(F)(F)F)CCC2N1. The Kier molecular flexibility index (Phi) is 4.52. The van der Waals surface area contributed by atoms with Gasteiger partial charge in [-0.3, -0.25) is 9.59 Å². The molecule has 2 aliphatic heterocycles. The number of carbonyl (C=O) groups excluding carboxylic acids is 2. The van der Waals surface area contributed by atoms with Crippen molar-refractivity contribution < 1.29 is 22.8 Å². The van der Waals surface area contributed by atoms with Crippen molar-refractivity contribution in [2.45, 2.75) is 31.5 Å². The van der Waals surface area contributed by atoms with Gasteiger partial charge in [0.1, 0.15) is 0 Å². The van der Waals surface area contributed by atoms with Crippen molar-refractivity contribution in [2.75, 3.05) is 26.2 Å². The van der Waals surface area contributed by atoms with Crippen LogP contribution >= 0.6 is 0 Å². The second kappa shape index (κ2) is 5.99. The van der Waals surface area contributed by atoms with E-state index in [-0.39, 0.29) is 30.3 Å². The van der Waals surface area contributed by atoms with Crippen LogP contribution in [0.15, 0.2) is 0 Å². The van der Waals surface area contributed by atoms with Gasteiger partial charge in [-0.2, -0.15) is 13.2 Å². The Balaban J connectivity index is 1.77. The summed E-state index contributed by atoms with van der Waals surface area (Å²) in [6.45, 7) is -0.469. The lowest BCUT2D eigenvalue weighted by atomic mass is 9.85. The lowest BCUT2D eigenvalue weighted by molar-refractivity contribution is -0.136. The molecule has 2 atom stereocenters. The van der Waals surface area contributed by atoms with E-state index < -0.39 is 12.7 Å². The molecule has 2 aliphatic rings. The second-order valence-electron chi connectivity index (χ2n) is 5.32. The zero-order valence-electron chi connectivity index (χ0n) is 11.0. The Bertz CT molecular complexity index is 387. The highest BCUT2D eigenvalue weighted by molar-refractivity contribution is 5.79. The molecule has 0 aromatic rings. The molecule has 2 saturated heterocycles. The summed E-state index contributed by atoms with van der Waals surface area (Å²) in [5.74, 6) is -0.0597. The summed E-state index contributed by atoms with van der Waals surface area (Å²) in [7, 11) is 0. The molecule has 5 nitrogen and oxygen atoms in total. The van der Waals surface area contributed by atoms with Gasteiger partial charge in [-0.25, -0.2) is 0 Å². The van der Waals surface area contributed by atoms with Gasteiger partial charge in [-0.05, 0) is 18.8 Å².